The molecule has 1 amide bonds. The predicted molar refractivity (Wildman–Crippen MR) is 135 cm³/mol. The number of carbonyl (C=O) groups is 2. The van der Waals surface area contributed by atoms with E-state index >= 15 is 0 Å². The van der Waals surface area contributed by atoms with Gasteiger partial charge in [-0.3, -0.25) is 9.59 Å². The number of halogens is 3. The number of methoxy groups -OCH3 is 2. The Balaban J connectivity index is 1.89. The molecule has 1 saturated heterocycles. The van der Waals surface area contributed by atoms with Crippen LogP contribution in [0.15, 0.2) is 66.2 Å². The fraction of sp³-hybridized carbons (Fsp3) is 0.154. The number of ether oxygens (including phenoxy) is 2. The van der Waals surface area contributed by atoms with E-state index in [1.807, 2.05) is 0 Å². The van der Waals surface area contributed by atoms with Crippen molar-refractivity contribution in [3.05, 3.63) is 98.0 Å². The number of hydrogen-bond acceptors (Lipinski definition) is 5. The summed E-state index contributed by atoms with van der Waals surface area (Å²) in [5, 5.41) is 12.2. The molecule has 0 aromatic heterocycles. The minimum Gasteiger partial charge on any atom is -0.507 e. The number of likely N-dealkylation sites (tertiary alicyclic amines) is 1. The van der Waals surface area contributed by atoms with E-state index in [1.165, 1.54) is 24.1 Å². The standard InChI is InChI=1S/C26H20Cl3NO5/c1-34-18-9-3-14(4-10-18)13-30-22(15-5-7-16(27)8-6-15)21(24(32)26(30)33)23(31)19-11-17(28)12-20(29)25(19)35-2/h3-12,22,31H,13H2,1-2H3/b23-21+. The van der Waals surface area contributed by atoms with Crippen LogP contribution in [0.5, 0.6) is 11.5 Å². The molecule has 180 valence electrons. The fourth-order valence-corrected chi connectivity index (χ4v) is 4.75. The van der Waals surface area contributed by atoms with Gasteiger partial charge in [0.2, 0.25) is 0 Å². The van der Waals surface area contributed by atoms with Gasteiger partial charge < -0.3 is 19.5 Å². The summed E-state index contributed by atoms with van der Waals surface area (Å²) in [5.41, 5.74) is 1.36. The van der Waals surface area contributed by atoms with Crippen molar-refractivity contribution in [1.29, 1.82) is 0 Å². The van der Waals surface area contributed by atoms with Crippen LogP contribution in [0.1, 0.15) is 22.7 Å². The van der Waals surface area contributed by atoms with E-state index in [9.17, 15) is 14.7 Å². The van der Waals surface area contributed by atoms with E-state index in [0.29, 0.717) is 16.3 Å². The largest absolute Gasteiger partial charge is 0.507 e. The molecule has 1 N–H and O–H groups in total. The number of Topliss-reactive ketones (excluding diaryl/α,β-unsaturated/α-hetero) is 1. The van der Waals surface area contributed by atoms with Crippen molar-refractivity contribution < 1.29 is 24.2 Å². The van der Waals surface area contributed by atoms with Crippen LogP contribution in [-0.2, 0) is 16.1 Å². The van der Waals surface area contributed by atoms with Crippen LogP contribution in [0.4, 0.5) is 0 Å². The molecule has 1 unspecified atom stereocenters. The maximum atomic E-state index is 13.3. The van der Waals surface area contributed by atoms with Gasteiger partial charge in [0.25, 0.3) is 11.7 Å². The molecule has 35 heavy (non-hydrogen) atoms. The van der Waals surface area contributed by atoms with Crippen molar-refractivity contribution in [2.24, 2.45) is 0 Å². The lowest BCUT2D eigenvalue weighted by molar-refractivity contribution is -0.140. The maximum Gasteiger partial charge on any atom is 0.295 e. The van der Waals surface area contributed by atoms with E-state index in [2.05, 4.69) is 0 Å². The number of aliphatic hydroxyl groups excluding tert-OH is 1. The minimum absolute atomic E-state index is 0.103. The first-order valence-corrected chi connectivity index (χ1v) is 11.6. The molecule has 6 nitrogen and oxygen atoms in total. The van der Waals surface area contributed by atoms with Gasteiger partial charge in [0.05, 0.1) is 36.4 Å². The normalized spacial score (nSPS) is 17.1. The number of carbonyl (C=O) groups excluding carboxylic acids is 2. The van der Waals surface area contributed by atoms with Crippen LogP contribution in [0.25, 0.3) is 5.76 Å². The molecule has 0 saturated carbocycles. The van der Waals surface area contributed by atoms with Gasteiger partial charge in [-0.1, -0.05) is 59.1 Å². The molecule has 3 aromatic rings. The lowest BCUT2D eigenvalue weighted by atomic mass is 9.95. The highest BCUT2D eigenvalue weighted by Crippen LogP contribution is 2.44. The summed E-state index contributed by atoms with van der Waals surface area (Å²) in [7, 11) is 2.94. The molecule has 1 fully saturated rings. The number of nitrogens with zero attached hydrogens (tertiary/aromatic N) is 1. The summed E-state index contributed by atoms with van der Waals surface area (Å²) < 4.78 is 10.5. The third kappa shape index (κ3) is 4.82. The number of rotatable bonds is 6. The molecule has 4 rings (SSSR count). The first-order chi connectivity index (χ1) is 16.7. The third-order valence-electron chi connectivity index (χ3n) is 5.71. The molecule has 0 bridgehead atoms. The number of aliphatic hydroxyl groups is 1. The topological polar surface area (TPSA) is 76.1 Å². The van der Waals surface area contributed by atoms with Crippen LogP contribution < -0.4 is 9.47 Å². The molecule has 1 aliphatic rings. The highest BCUT2D eigenvalue weighted by molar-refractivity contribution is 6.46. The van der Waals surface area contributed by atoms with E-state index in [0.717, 1.165) is 5.56 Å². The van der Waals surface area contributed by atoms with Crippen molar-refractivity contribution in [3.63, 3.8) is 0 Å². The van der Waals surface area contributed by atoms with Crippen LogP contribution in [0.3, 0.4) is 0 Å². The molecule has 0 radical (unpaired) electrons. The number of hydrogen-bond donors (Lipinski definition) is 1. The summed E-state index contributed by atoms with van der Waals surface area (Å²) in [5.74, 6) is -1.25. The fourth-order valence-electron chi connectivity index (χ4n) is 4.05. The highest BCUT2D eigenvalue weighted by atomic mass is 35.5. The van der Waals surface area contributed by atoms with Gasteiger partial charge in [-0.05, 0) is 47.5 Å². The lowest BCUT2D eigenvalue weighted by Gasteiger charge is -2.26. The Bertz CT molecular complexity index is 1320. The van der Waals surface area contributed by atoms with Gasteiger partial charge in [0.1, 0.15) is 17.3 Å². The van der Waals surface area contributed by atoms with Gasteiger partial charge in [-0.15, -0.1) is 0 Å². The van der Waals surface area contributed by atoms with Crippen LogP contribution in [0.2, 0.25) is 15.1 Å². The second-order valence-electron chi connectivity index (χ2n) is 7.80. The molecule has 0 spiro atoms. The summed E-state index contributed by atoms with van der Waals surface area (Å²) in [6.07, 6.45) is 0. The molecule has 1 heterocycles. The van der Waals surface area contributed by atoms with Crippen molar-refractivity contribution in [1.82, 2.24) is 4.90 Å². The molecular formula is C26H20Cl3NO5. The van der Waals surface area contributed by atoms with Crippen LogP contribution in [-0.4, -0.2) is 35.9 Å². The molecule has 1 aliphatic heterocycles. The van der Waals surface area contributed by atoms with E-state index in [-0.39, 0.29) is 33.5 Å². The lowest BCUT2D eigenvalue weighted by Crippen LogP contribution is -2.29. The van der Waals surface area contributed by atoms with Crippen molar-refractivity contribution in [2.75, 3.05) is 14.2 Å². The van der Waals surface area contributed by atoms with E-state index in [4.69, 9.17) is 44.3 Å². The summed E-state index contributed by atoms with van der Waals surface area (Å²) in [6, 6.07) is 15.8. The van der Waals surface area contributed by atoms with Gasteiger partial charge in [0.15, 0.2) is 0 Å². The van der Waals surface area contributed by atoms with E-state index < -0.39 is 23.5 Å². The Hall–Kier alpha value is -3.19. The SMILES string of the molecule is COc1ccc(CN2C(=O)C(=O)/C(=C(/O)c3cc(Cl)cc(Cl)c3OC)C2c2ccc(Cl)cc2)cc1. The number of amides is 1. The maximum absolute atomic E-state index is 13.3. The third-order valence-corrected chi connectivity index (χ3v) is 6.46. The monoisotopic (exact) mass is 531 g/mol. The Morgan fingerprint density at radius 1 is 0.914 bits per heavy atom. The van der Waals surface area contributed by atoms with Crippen molar-refractivity contribution in [3.8, 4) is 11.5 Å². The minimum atomic E-state index is -0.892. The van der Waals surface area contributed by atoms with Gasteiger partial charge in [-0.25, -0.2) is 0 Å². The smallest absolute Gasteiger partial charge is 0.295 e. The predicted octanol–water partition coefficient (Wildman–Crippen LogP) is 6.29. The molecule has 0 aliphatic carbocycles. The zero-order chi connectivity index (χ0) is 25.3. The summed E-state index contributed by atoms with van der Waals surface area (Å²) >= 11 is 18.5. The molecule has 9 heteroatoms. The number of benzene rings is 3. The average molecular weight is 533 g/mol. The average Bonchev–Trinajstić information content (AvgIpc) is 3.09. The number of ketones is 1. The van der Waals surface area contributed by atoms with E-state index in [1.54, 1.807) is 55.6 Å². The zero-order valence-electron chi connectivity index (χ0n) is 18.7. The van der Waals surface area contributed by atoms with Gasteiger partial charge in [-0.2, -0.15) is 0 Å². The van der Waals surface area contributed by atoms with Gasteiger partial charge in [0, 0.05) is 16.6 Å². The second kappa shape index (κ2) is 10.2. The Labute approximate surface area is 217 Å². The van der Waals surface area contributed by atoms with Crippen molar-refractivity contribution in [2.45, 2.75) is 12.6 Å². The van der Waals surface area contributed by atoms with Crippen molar-refractivity contribution >= 4 is 52.3 Å². The quantitative estimate of drug-likeness (QED) is 0.229. The Morgan fingerprint density at radius 2 is 1.57 bits per heavy atom. The Kier molecular flexibility index (Phi) is 7.26. The van der Waals surface area contributed by atoms with Crippen LogP contribution >= 0.6 is 34.8 Å². The Morgan fingerprint density at radius 3 is 2.17 bits per heavy atom. The zero-order valence-corrected chi connectivity index (χ0v) is 21.0. The van der Waals surface area contributed by atoms with Crippen LogP contribution in [0, 0.1) is 0 Å². The van der Waals surface area contributed by atoms with Gasteiger partial charge >= 0.3 is 0 Å². The molecule has 1 atom stereocenters. The first-order valence-electron chi connectivity index (χ1n) is 10.4. The summed E-state index contributed by atoms with van der Waals surface area (Å²) in [6.45, 7) is 0.117. The summed E-state index contributed by atoms with van der Waals surface area (Å²) in [4.78, 5) is 27.9. The molecule has 3 aromatic carbocycles. The highest BCUT2D eigenvalue weighted by Gasteiger charge is 2.46. The first kappa shape index (κ1) is 24.9. The second-order valence-corrected chi connectivity index (χ2v) is 9.08. The molecular weight excluding hydrogens is 513 g/mol.